The van der Waals surface area contributed by atoms with Gasteiger partial charge in [-0.05, 0) is 30.2 Å². The number of imidazole rings is 1. The fourth-order valence-electron chi connectivity index (χ4n) is 2.06. The van der Waals surface area contributed by atoms with Crippen molar-refractivity contribution in [2.45, 2.75) is 13.0 Å². The molecule has 5 nitrogen and oxygen atoms in total. The lowest BCUT2D eigenvalue weighted by Crippen LogP contribution is -1.99. The fraction of sp³-hybridized carbons (Fsp3) is 0.214. The molecule has 3 aromatic heterocycles. The molecule has 96 valence electrons. The van der Waals surface area contributed by atoms with Crippen LogP contribution in [0.1, 0.15) is 6.42 Å². The van der Waals surface area contributed by atoms with Gasteiger partial charge in [-0.2, -0.15) is 0 Å². The molecule has 0 aliphatic heterocycles. The topological polar surface area (TPSA) is 63.8 Å². The van der Waals surface area contributed by atoms with Gasteiger partial charge in [0.05, 0.1) is 6.33 Å². The SMILES string of the molecule is OCCCn1cnc2cc(-c3ccncc3)cnc21. The lowest BCUT2D eigenvalue weighted by molar-refractivity contribution is 0.280. The molecule has 0 atom stereocenters. The van der Waals surface area contributed by atoms with Crippen LogP contribution in [-0.4, -0.2) is 31.2 Å². The Morgan fingerprint density at radius 1 is 1.11 bits per heavy atom. The minimum atomic E-state index is 0.175. The van der Waals surface area contributed by atoms with E-state index in [9.17, 15) is 0 Å². The minimum absolute atomic E-state index is 0.175. The van der Waals surface area contributed by atoms with E-state index >= 15 is 0 Å². The Balaban J connectivity index is 1.99. The molecule has 0 spiro atoms. The summed E-state index contributed by atoms with van der Waals surface area (Å²) >= 11 is 0. The Kier molecular flexibility index (Phi) is 3.20. The van der Waals surface area contributed by atoms with Gasteiger partial charge in [-0.3, -0.25) is 4.98 Å². The summed E-state index contributed by atoms with van der Waals surface area (Å²) in [5, 5.41) is 8.87. The molecule has 0 saturated carbocycles. The highest BCUT2D eigenvalue weighted by atomic mass is 16.3. The van der Waals surface area contributed by atoms with Crippen LogP contribution in [0.4, 0.5) is 0 Å². The Morgan fingerprint density at radius 3 is 2.74 bits per heavy atom. The second kappa shape index (κ2) is 5.16. The minimum Gasteiger partial charge on any atom is -0.396 e. The Morgan fingerprint density at radius 2 is 1.95 bits per heavy atom. The molecule has 3 heterocycles. The summed E-state index contributed by atoms with van der Waals surface area (Å²) in [6.07, 6.45) is 7.84. The molecule has 1 N–H and O–H groups in total. The third-order valence-corrected chi connectivity index (χ3v) is 3.03. The lowest BCUT2D eigenvalue weighted by atomic mass is 10.1. The second-order valence-corrected chi connectivity index (χ2v) is 4.32. The summed E-state index contributed by atoms with van der Waals surface area (Å²) < 4.78 is 1.96. The van der Waals surface area contributed by atoms with Gasteiger partial charge in [0.25, 0.3) is 0 Å². The van der Waals surface area contributed by atoms with Crippen molar-refractivity contribution in [2.75, 3.05) is 6.61 Å². The number of fused-ring (bicyclic) bond motifs is 1. The summed E-state index contributed by atoms with van der Waals surface area (Å²) in [4.78, 5) is 12.8. The molecule has 3 rings (SSSR count). The van der Waals surface area contributed by atoms with Gasteiger partial charge < -0.3 is 9.67 Å². The quantitative estimate of drug-likeness (QED) is 0.772. The van der Waals surface area contributed by atoms with Crippen LogP contribution in [0, 0.1) is 0 Å². The molecule has 3 aromatic rings. The van der Waals surface area contributed by atoms with Crippen LogP contribution in [0.2, 0.25) is 0 Å². The number of aryl methyl sites for hydroxylation is 1. The van der Waals surface area contributed by atoms with Gasteiger partial charge in [0.15, 0.2) is 5.65 Å². The summed E-state index contributed by atoms with van der Waals surface area (Å²) in [5.74, 6) is 0. The molecule has 0 radical (unpaired) electrons. The summed E-state index contributed by atoms with van der Waals surface area (Å²) in [6, 6.07) is 5.92. The molecule has 0 unspecified atom stereocenters. The number of hydrogen-bond acceptors (Lipinski definition) is 4. The Hall–Kier alpha value is -2.27. The summed E-state index contributed by atoms with van der Waals surface area (Å²) in [7, 11) is 0. The molecular formula is C14H14N4O. The van der Waals surface area contributed by atoms with Crippen LogP contribution in [0.5, 0.6) is 0 Å². The third-order valence-electron chi connectivity index (χ3n) is 3.03. The molecule has 0 aliphatic rings. The summed E-state index contributed by atoms with van der Waals surface area (Å²) in [6.45, 7) is 0.906. The molecular weight excluding hydrogens is 240 g/mol. The predicted molar refractivity (Wildman–Crippen MR) is 72.5 cm³/mol. The van der Waals surface area contributed by atoms with Crippen LogP contribution in [0.15, 0.2) is 43.1 Å². The van der Waals surface area contributed by atoms with Crippen molar-refractivity contribution in [2.24, 2.45) is 0 Å². The van der Waals surface area contributed by atoms with Crippen LogP contribution in [-0.2, 0) is 6.54 Å². The molecule has 19 heavy (non-hydrogen) atoms. The van der Waals surface area contributed by atoms with E-state index in [0.717, 1.165) is 28.8 Å². The maximum atomic E-state index is 8.87. The van der Waals surface area contributed by atoms with E-state index in [1.807, 2.05) is 29.0 Å². The number of rotatable bonds is 4. The largest absolute Gasteiger partial charge is 0.396 e. The van der Waals surface area contributed by atoms with Gasteiger partial charge in [-0.25, -0.2) is 9.97 Å². The van der Waals surface area contributed by atoms with Crippen molar-refractivity contribution >= 4 is 11.2 Å². The van der Waals surface area contributed by atoms with Crippen LogP contribution < -0.4 is 0 Å². The normalized spacial score (nSPS) is 11.0. The van der Waals surface area contributed by atoms with Crippen LogP contribution >= 0.6 is 0 Å². The molecule has 0 amide bonds. The van der Waals surface area contributed by atoms with Crippen molar-refractivity contribution < 1.29 is 5.11 Å². The second-order valence-electron chi connectivity index (χ2n) is 4.32. The van der Waals surface area contributed by atoms with Crippen molar-refractivity contribution in [3.63, 3.8) is 0 Å². The average molecular weight is 254 g/mol. The van der Waals surface area contributed by atoms with E-state index in [1.165, 1.54) is 0 Å². The number of aliphatic hydroxyl groups excluding tert-OH is 1. The van der Waals surface area contributed by atoms with Gasteiger partial charge in [-0.1, -0.05) is 0 Å². The average Bonchev–Trinajstić information content (AvgIpc) is 2.88. The van der Waals surface area contributed by atoms with E-state index in [1.54, 1.807) is 18.7 Å². The zero-order chi connectivity index (χ0) is 13.1. The number of nitrogens with zero attached hydrogens (tertiary/aromatic N) is 4. The van der Waals surface area contributed by atoms with Gasteiger partial charge >= 0.3 is 0 Å². The third kappa shape index (κ3) is 2.32. The zero-order valence-electron chi connectivity index (χ0n) is 10.4. The fourth-order valence-corrected chi connectivity index (χ4v) is 2.06. The number of aliphatic hydroxyl groups is 1. The monoisotopic (exact) mass is 254 g/mol. The van der Waals surface area contributed by atoms with Crippen LogP contribution in [0.25, 0.3) is 22.3 Å². The van der Waals surface area contributed by atoms with Gasteiger partial charge in [-0.15, -0.1) is 0 Å². The Bertz CT molecular complexity index is 678. The maximum absolute atomic E-state index is 8.87. The highest BCUT2D eigenvalue weighted by Gasteiger charge is 2.06. The number of aromatic nitrogens is 4. The van der Waals surface area contributed by atoms with E-state index in [-0.39, 0.29) is 6.61 Å². The van der Waals surface area contributed by atoms with Crippen molar-refractivity contribution in [1.82, 2.24) is 19.5 Å². The smallest absolute Gasteiger partial charge is 0.159 e. The van der Waals surface area contributed by atoms with E-state index in [2.05, 4.69) is 15.0 Å². The molecule has 0 aliphatic carbocycles. The maximum Gasteiger partial charge on any atom is 0.159 e. The highest BCUT2D eigenvalue weighted by Crippen LogP contribution is 2.21. The van der Waals surface area contributed by atoms with Gasteiger partial charge in [0.2, 0.25) is 0 Å². The zero-order valence-corrected chi connectivity index (χ0v) is 10.4. The highest BCUT2D eigenvalue weighted by molar-refractivity contribution is 5.77. The first-order valence-corrected chi connectivity index (χ1v) is 6.20. The predicted octanol–water partition coefficient (Wildman–Crippen LogP) is 1.88. The van der Waals surface area contributed by atoms with Crippen molar-refractivity contribution in [3.8, 4) is 11.1 Å². The molecule has 0 aromatic carbocycles. The van der Waals surface area contributed by atoms with Crippen LogP contribution in [0.3, 0.4) is 0 Å². The van der Waals surface area contributed by atoms with E-state index in [0.29, 0.717) is 6.42 Å². The number of hydrogen-bond donors (Lipinski definition) is 1. The van der Waals surface area contributed by atoms with Gasteiger partial charge in [0.1, 0.15) is 5.52 Å². The lowest BCUT2D eigenvalue weighted by Gasteiger charge is -2.03. The number of pyridine rings is 2. The molecule has 5 heteroatoms. The molecule has 0 bridgehead atoms. The molecule has 0 saturated heterocycles. The van der Waals surface area contributed by atoms with Crippen molar-refractivity contribution in [1.29, 1.82) is 0 Å². The van der Waals surface area contributed by atoms with E-state index in [4.69, 9.17) is 5.11 Å². The first kappa shape index (κ1) is 11.8. The first-order valence-electron chi connectivity index (χ1n) is 6.20. The van der Waals surface area contributed by atoms with Crippen molar-refractivity contribution in [3.05, 3.63) is 43.1 Å². The standard InChI is InChI=1S/C14H14N4O/c19-7-1-6-18-10-17-13-8-12(9-16-14(13)18)11-2-4-15-5-3-11/h2-5,8-10,19H,1,6-7H2. The first-order chi connectivity index (χ1) is 9.38. The van der Waals surface area contributed by atoms with E-state index < -0.39 is 0 Å². The Labute approximate surface area is 110 Å². The molecule has 0 fully saturated rings. The van der Waals surface area contributed by atoms with Gasteiger partial charge in [0, 0.05) is 37.3 Å². The summed E-state index contributed by atoms with van der Waals surface area (Å²) in [5.41, 5.74) is 3.83.